The predicted octanol–water partition coefficient (Wildman–Crippen LogP) is 1.59. The maximum absolute atomic E-state index is 12.2. The van der Waals surface area contributed by atoms with Crippen molar-refractivity contribution in [1.82, 2.24) is 5.32 Å². The highest BCUT2D eigenvalue weighted by atomic mass is 16.5. The number of amides is 1. The van der Waals surface area contributed by atoms with Crippen molar-refractivity contribution < 1.29 is 14.4 Å². The first-order chi connectivity index (χ1) is 11.1. The van der Waals surface area contributed by atoms with E-state index in [1.54, 1.807) is 7.11 Å². The van der Waals surface area contributed by atoms with E-state index in [1.165, 1.54) is 5.56 Å². The molecule has 1 unspecified atom stereocenters. The fourth-order valence-electron chi connectivity index (χ4n) is 2.55. The van der Waals surface area contributed by atoms with Gasteiger partial charge in [-0.2, -0.15) is 0 Å². The third kappa shape index (κ3) is 5.42. The van der Waals surface area contributed by atoms with Gasteiger partial charge in [0.05, 0.1) is 20.2 Å². The number of methoxy groups -OCH3 is 1. The summed E-state index contributed by atoms with van der Waals surface area (Å²) in [6.07, 6.45) is 0. The molecule has 23 heavy (non-hydrogen) atoms. The normalized spacial score (nSPS) is 13.2. The first-order valence-corrected chi connectivity index (χ1v) is 7.87. The number of rotatable bonds is 7. The Morgan fingerprint density at radius 3 is 2.39 bits per heavy atom. The fraction of sp³-hybridized carbons (Fsp3) is 0.316. The van der Waals surface area contributed by atoms with Crippen LogP contribution in [0, 0.1) is 0 Å². The molecule has 4 heteroatoms. The van der Waals surface area contributed by atoms with Crippen LogP contribution in [0.2, 0.25) is 0 Å². The minimum Gasteiger partial charge on any atom is -0.497 e. The smallest absolute Gasteiger partial charge is 0.275 e. The van der Waals surface area contributed by atoms with Crippen LogP contribution >= 0.6 is 0 Å². The number of hydrogen-bond acceptors (Lipinski definition) is 2. The first-order valence-electron chi connectivity index (χ1n) is 7.87. The molecule has 0 radical (unpaired) electrons. The van der Waals surface area contributed by atoms with Gasteiger partial charge in [0.25, 0.3) is 5.91 Å². The van der Waals surface area contributed by atoms with Crippen LogP contribution in [0.3, 0.4) is 0 Å². The lowest BCUT2D eigenvalue weighted by atomic mass is 10.1. The number of likely N-dealkylation sites (N-methyl/N-ethyl adjacent to an activating group) is 1. The minimum absolute atomic E-state index is 0.0255. The van der Waals surface area contributed by atoms with Crippen molar-refractivity contribution in [1.29, 1.82) is 0 Å². The molecule has 0 aliphatic heterocycles. The van der Waals surface area contributed by atoms with Gasteiger partial charge >= 0.3 is 0 Å². The monoisotopic (exact) mass is 313 g/mol. The summed E-state index contributed by atoms with van der Waals surface area (Å²) in [6.45, 7) is 3.26. The van der Waals surface area contributed by atoms with Gasteiger partial charge in [0.1, 0.15) is 12.3 Å². The van der Waals surface area contributed by atoms with Gasteiger partial charge in [-0.15, -0.1) is 0 Å². The van der Waals surface area contributed by atoms with Gasteiger partial charge in [0.2, 0.25) is 0 Å². The third-order valence-electron chi connectivity index (χ3n) is 3.80. The summed E-state index contributed by atoms with van der Waals surface area (Å²) >= 11 is 0. The van der Waals surface area contributed by atoms with Crippen molar-refractivity contribution >= 4 is 5.91 Å². The molecule has 0 saturated carbocycles. The van der Waals surface area contributed by atoms with Crippen LogP contribution in [0.5, 0.6) is 5.75 Å². The van der Waals surface area contributed by atoms with E-state index in [0.29, 0.717) is 6.54 Å². The summed E-state index contributed by atoms with van der Waals surface area (Å²) < 4.78 is 5.15. The van der Waals surface area contributed by atoms with E-state index in [9.17, 15) is 4.79 Å². The van der Waals surface area contributed by atoms with E-state index in [-0.39, 0.29) is 11.9 Å². The van der Waals surface area contributed by atoms with Crippen molar-refractivity contribution in [2.24, 2.45) is 0 Å². The van der Waals surface area contributed by atoms with E-state index in [4.69, 9.17) is 4.74 Å². The molecular weight excluding hydrogens is 288 g/mol. The van der Waals surface area contributed by atoms with E-state index < -0.39 is 0 Å². The molecule has 0 saturated heterocycles. The Labute approximate surface area is 138 Å². The van der Waals surface area contributed by atoms with Crippen LogP contribution in [0.25, 0.3) is 0 Å². The van der Waals surface area contributed by atoms with Gasteiger partial charge < -0.3 is 15.0 Å². The molecule has 122 valence electrons. The van der Waals surface area contributed by atoms with E-state index in [2.05, 4.69) is 5.32 Å². The fourth-order valence-corrected chi connectivity index (χ4v) is 2.55. The predicted molar refractivity (Wildman–Crippen MR) is 91.5 cm³/mol. The average Bonchev–Trinajstić information content (AvgIpc) is 2.56. The van der Waals surface area contributed by atoms with Crippen LogP contribution in [-0.2, 0) is 11.3 Å². The van der Waals surface area contributed by atoms with Crippen molar-refractivity contribution in [3.8, 4) is 5.75 Å². The number of benzene rings is 2. The van der Waals surface area contributed by atoms with Crippen LogP contribution in [0.1, 0.15) is 24.1 Å². The Morgan fingerprint density at radius 2 is 1.78 bits per heavy atom. The third-order valence-corrected chi connectivity index (χ3v) is 3.80. The van der Waals surface area contributed by atoms with Gasteiger partial charge in [-0.25, -0.2) is 0 Å². The molecule has 0 aromatic heterocycles. The zero-order valence-corrected chi connectivity index (χ0v) is 14.0. The molecule has 0 aliphatic rings. The Kier molecular flexibility index (Phi) is 6.18. The van der Waals surface area contributed by atoms with Crippen LogP contribution in [0.4, 0.5) is 0 Å². The maximum atomic E-state index is 12.2. The number of ether oxygens (including phenoxy) is 1. The number of nitrogens with one attached hydrogen (secondary N) is 2. The standard InChI is InChI=1S/C19H24N2O2/c1-15(17-7-5-4-6-8-17)20-19(22)14-21(2)13-16-9-11-18(23-3)12-10-16/h4-12,15H,13-14H2,1-3H3,(H,20,22)/p+1/t15-/m0/s1. The van der Waals surface area contributed by atoms with Crippen molar-refractivity contribution in [2.75, 3.05) is 20.7 Å². The molecule has 0 heterocycles. The average molecular weight is 313 g/mol. The lowest BCUT2D eigenvalue weighted by Crippen LogP contribution is -3.08. The van der Waals surface area contributed by atoms with E-state index in [0.717, 1.165) is 22.8 Å². The summed E-state index contributed by atoms with van der Waals surface area (Å²) in [5.74, 6) is 0.910. The van der Waals surface area contributed by atoms with Crippen molar-refractivity contribution in [3.05, 3.63) is 65.7 Å². The molecule has 4 nitrogen and oxygen atoms in total. The molecule has 0 spiro atoms. The van der Waals surface area contributed by atoms with E-state index >= 15 is 0 Å². The molecule has 2 atom stereocenters. The van der Waals surface area contributed by atoms with Crippen LogP contribution in [-0.4, -0.2) is 26.6 Å². The summed E-state index contributed by atoms with van der Waals surface area (Å²) in [7, 11) is 3.68. The number of quaternary nitrogens is 1. The molecule has 2 N–H and O–H groups in total. The van der Waals surface area contributed by atoms with Gasteiger partial charge in [-0.05, 0) is 36.8 Å². The minimum atomic E-state index is 0.0255. The number of carbonyl (C=O) groups excluding carboxylic acids is 1. The van der Waals surface area contributed by atoms with Crippen molar-refractivity contribution in [2.45, 2.75) is 19.5 Å². The zero-order chi connectivity index (χ0) is 16.7. The Hall–Kier alpha value is -2.33. The number of hydrogen-bond donors (Lipinski definition) is 2. The Morgan fingerprint density at radius 1 is 1.13 bits per heavy atom. The summed E-state index contributed by atoms with van der Waals surface area (Å²) in [4.78, 5) is 13.3. The molecule has 2 rings (SSSR count). The zero-order valence-electron chi connectivity index (χ0n) is 14.0. The second kappa shape index (κ2) is 8.34. The second-order valence-corrected chi connectivity index (χ2v) is 5.86. The quantitative estimate of drug-likeness (QED) is 0.815. The summed E-state index contributed by atoms with van der Waals surface area (Å²) in [5, 5.41) is 3.05. The molecule has 2 aromatic rings. The van der Waals surface area contributed by atoms with Gasteiger partial charge in [-0.1, -0.05) is 30.3 Å². The topological polar surface area (TPSA) is 42.8 Å². The van der Waals surface area contributed by atoms with Crippen molar-refractivity contribution in [3.63, 3.8) is 0 Å². The lowest BCUT2D eigenvalue weighted by Gasteiger charge is -2.17. The van der Waals surface area contributed by atoms with Gasteiger partial charge in [0.15, 0.2) is 6.54 Å². The highest BCUT2D eigenvalue weighted by molar-refractivity contribution is 5.77. The van der Waals surface area contributed by atoms with Gasteiger partial charge in [-0.3, -0.25) is 4.79 Å². The summed E-state index contributed by atoms with van der Waals surface area (Å²) in [6, 6.07) is 18.0. The highest BCUT2D eigenvalue weighted by Crippen LogP contribution is 2.11. The molecule has 2 aromatic carbocycles. The lowest BCUT2D eigenvalue weighted by molar-refractivity contribution is -0.885. The van der Waals surface area contributed by atoms with Crippen LogP contribution < -0.4 is 15.0 Å². The second-order valence-electron chi connectivity index (χ2n) is 5.86. The largest absolute Gasteiger partial charge is 0.497 e. The Bertz CT molecular complexity index is 611. The SMILES string of the molecule is COc1ccc(C[NH+](C)CC(=O)N[C@@H](C)c2ccccc2)cc1. The molecular formula is C19H25N2O2+. The highest BCUT2D eigenvalue weighted by Gasteiger charge is 2.14. The molecule has 0 fully saturated rings. The molecule has 1 amide bonds. The Balaban J connectivity index is 1.82. The number of carbonyl (C=O) groups is 1. The van der Waals surface area contributed by atoms with Crippen LogP contribution in [0.15, 0.2) is 54.6 Å². The molecule has 0 bridgehead atoms. The van der Waals surface area contributed by atoms with Gasteiger partial charge in [0, 0.05) is 5.56 Å². The molecule has 0 aliphatic carbocycles. The van der Waals surface area contributed by atoms with E-state index in [1.807, 2.05) is 68.6 Å². The maximum Gasteiger partial charge on any atom is 0.275 e. The first kappa shape index (κ1) is 17.0. The summed E-state index contributed by atoms with van der Waals surface area (Å²) in [5.41, 5.74) is 2.31.